The zero-order chi connectivity index (χ0) is 18.9. The molecule has 27 heavy (non-hydrogen) atoms. The predicted molar refractivity (Wildman–Crippen MR) is 109 cm³/mol. The standard InChI is InChI=1S/C22H26N4O/c1-17(2)25-12-14-26(15-13-25)21(27)22(19-9-4-3-5-10-19)23-16-18-8-6-7-11-20(18)24-22/h3-11,16-17,24H,12-15H2,1-2H3. The molecule has 1 amide bonds. The summed E-state index contributed by atoms with van der Waals surface area (Å²) in [5, 5.41) is 3.46. The molecular formula is C22H26N4O. The number of carbonyl (C=O) groups excluding carboxylic acids is 1. The summed E-state index contributed by atoms with van der Waals surface area (Å²) >= 11 is 0. The number of hydrogen-bond donors (Lipinski definition) is 1. The third-order valence-electron chi connectivity index (χ3n) is 5.51. The van der Waals surface area contributed by atoms with Crippen LogP contribution in [0.15, 0.2) is 59.6 Å². The lowest BCUT2D eigenvalue weighted by Gasteiger charge is -2.42. The summed E-state index contributed by atoms with van der Waals surface area (Å²) in [4.78, 5) is 22.8. The Morgan fingerprint density at radius 2 is 1.67 bits per heavy atom. The van der Waals surface area contributed by atoms with Crippen molar-refractivity contribution in [3.05, 3.63) is 65.7 Å². The highest BCUT2D eigenvalue weighted by Crippen LogP contribution is 2.35. The van der Waals surface area contributed by atoms with E-state index in [1.807, 2.05) is 65.7 Å². The Labute approximate surface area is 160 Å². The normalized spacial score (nSPS) is 22.4. The van der Waals surface area contributed by atoms with Gasteiger partial charge in [-0.3, -0.25) is 14.7 Å². The molecule has 1 N–H and O–H groups in total. The molecule has 0 saturated carbocycles. The Hall–Kier alpha value is -2.66. The van der Waals surface area contributed by atoms with E-state index in [4.69, 9.17) is 4.99 Å². The Bertz CT molecular complexity index is 840. The largest absolute Gasteiger partial charge is 0.349 e. The first-order chi connectivity index (χ1) is 13.1. The number of nitrogens with zero attached hydrogens (tertiary/aromatic N) is 3. The summed E-state index contributed by atoms with van der Waals surface area (Å²) in [5.74, 6) is 0.0165. The van der Waals surface area contributed by atoms with Gasteiger partial charge in [-0.05, 0) is 19.9 Å². The number of benzene rings is 2. The number of rotatable bonds is 3. The van der Waals surface area contributed by atoms with Gasteiger partial charge in [0, 0.05) is 55.2 Å². The fourth-order valence-corrected chi connectivity index (χ4v) is 3.85. The van der Waals surface area contributed by atoms with Gasteiger partial charge in [-0.15, -0.1) is 0 Å². The van der Waals surface area contributed by atoms with E-state index in [-0.39, 0.29) is 5.91 Å². The minimum absolute atomic E-state index is 0.0165. The van der Waals surface area contributed by atoms with Crippen LogP contribution in [0.4, 0.5) is 5.69 Å². The number of amides is 1. The average Bonchev–Trinajstić information content (AvgIpc) is 2.73. The van der Waals surface area contributed by atoms with Crippen molar-refractivity contribution >= 4 is 17.8 Å². The second-order valence-electron chi connectivity index (χ2n) is 7.47. The molecule has 1 atom stereocenters. The van der Waals surface area contributed by atoms with Crippen LogP contribution in [-0.4, -0.2) is 54.1 Å². The van der Waals surface area contributed by atoms with Crippen molar-refractivity contribution in [3.8, 4) is 0 Å². The summed E-state index contributed by atoms with van der Waals surface area (Å²) in [6.45, 7) is 7.65. The van der Waals surface area contributed by atoms with Gasteiger partial charge in [-0.25, -0.2) is 0 Å². The second kappa shape index (κ2) is 7.16. The van der Waals surface area contributed by atoms with Crippen molar-refractivity contribution < 1.29 is 4.79 Å². The Morgan fingerprint density at radius 3 is 2.37 bits per heavy atom. The van der Waals surface area contributed by atoms with Crippen molar-refractivity contribution in [2.45, 2.75) is 25.6 Å². The predicted octanol–water partition coefficient (Wildman–Crippen LogP) is 2.94. The smallest absolute Gasteiger partial charge is 0.276 e. The number of fused-ring (bicyclic) bond motifs is 1. The van der Waals surface area contributed by atoms with Crippen LogP contribution >= 0.6 is 0 Å². The number of nitrogens with one attached hydrogen (secondary N) is 1. The fraction of sp³-hybridized carbons (Fsp3) is 0.364. The lowest BCUT2D eigenvalue weighted by Crippen LogP contribution is -2.57. The molecule has 2 aliphatic rings. The van der Waals surface area contributed by atoms with Gasteiger partial charge in [0.05, 0.1) is 0 Å². The molecule has 0 aromatic heterocycles. The molecule has 1 unspecified atom stereocenters. The fourth-order valence-electron chi connectivity index (χ4n) is 3.85. The number of aliphatic imine (C=N–C) groups is 1. The van der Waals surface area contributed by atoms with Crippen molar-refractivity contribution in [1.29, 1.82) is 0 Å². The summed E-state index contributed by atoms with van der Waals surface area (Å²) in [6.07, 6.45) is 1.82. The van der Waals surface area contributed by atoms with Gasteiger partial charge >= 0.3 is 0 Å². The summed E-state index contributed by atoms with van der Waals surface area (Å²) in [6, 6.07) is 18.3. The van der Waals surface area contributed by atoms with Gasteiger partial charge in [-0.2, -0.15) is 0 Å². The van der Waals surface area contributed by atoms with E-state index in [1.165, 1.54) is 0 Å². The van der Waals surface area contributed by atoms with Crippen LogP contribution in [0.2, 0.25) is 0 Å². The number of anilines is 1. The van der Waals surface area contributed by atoms with Crippen LogP contribution in [0, 0.1) is 0 Å². The molecule has 0 radical (unpaired) electrons. The third kappa shape index (κ3) is 3.23. The first kappa shape index (κ1) is 17.7. The molecule has 0 spiro atoms. The number of para-hydroxylation sites is 1. The van der Waals surface area contributed by atoms with Crippen LogP contribution in [0.1, 0.15) is 25.0 Å². The highest BCUT2D eigenvalue weighted by Gasteiger charge is 2.45. The van der Waals surface area contributed by atoms with Crippen LogP contribution < -0.4 is 5.32 Å². The Balaban J connectivity index is 1.68. The molecule has 0 bridgehead atoms. The van der Waals surface area contributed by atoms with Crippen molar-refractivity contribution in [1.82, 2.24) is 9.80 Å². The zero-order valence-electron chi connectivity index (χ0n) is 15.9. The zero-order valence-corrected chi connectivity index (χ0v) is 15.9. The number of carbonyl (C=O) groups is 1. The molecule has 1 saturated heterocycles. The van der Waals surface area contributed by atoms with Crippen LogP contribution in [0.3, 0.4) is 0 Å². The summed E-state index contributed by atoms with van der Waals surface area (Å²) < 4.78 is 0. The lowest BCUT2D eigenvalue weighted by atomic mass is 9.94. The Kier molecular flexibility index (Phi) is 4.70. The quantitative estimate of drug-likeness (QED) is 0.913. The lowest BCUT2D eigenvalue weighted by molar-refractivity contribution is -0.138. The molecule has 4 rings (SSSR count). The van der Waals surface area contributed by atoms with Crippen molar-refractivity contribution in [3.63, 3.8) is 0 Å². The summed E-state index contributed by atoms with van der Waals surface area (Å²) in [7, 11) is 0. The molecule has 5 heteroatoms. The van der Waals surface area contributed by atoms with Gasteiger partial charge in [-0.1, -0.05) is 48.5 Å². The van der Waals surface area contributed by atoms with Crippen molar-refractivity contribution in [2.75, 3.05) is 31.5 Å². The first-order valence-corrected chi connectivity index (χ1v) is 9.61. The van der Waals surface area contributed by atoms with E-state index < -0.39 is 5.66 Å². The molecular weight excluding hydrogens is 336 g/mol. The molecule has 0 aliphatic carbocycles. The minimum Gasteiger partial charge on any atom is -0.349 e. The summed E-state index contributed by atoms with van der Waals surface area (Å²) in [5.41, 5.74) is 1.70. The highest BCUT2D eigenvalue weighted by atomic mass is 16.2. The van der Waals surface area contributed by atoms with Gasteiger partial charge in [0.2, 0.25) is 5.66 Å². The molecule has 2 aliphatic heterocycles. The molecule has 2 aromatic rings. The van der Waals surface area contributed by atoms with E-state index in [9.17, 15) is 4.79 Å². The molecule has 5 nitrogen and oxygen atoms in total. The maximum Gasteiger partial charge on any atom is 0.276 e. The van der Waals surface area contributed by atoms with E-state index in [0.717, 1.165) is 43.0 Å². The van der Waals surface area contributed by atoms with Crippen LogP contribution in [-0.2, 0) is 10.5 Å². The maximum absolute atomic E-state index is 13.7. The second-order valence-corrected chi connectivity index (χ2v) is 7.47. The topological polar surface area (TPSA) is 47.9 Å². The highest BCUT2D eigenvalue weighted by molar-refractivity contribution is 5.99. The van der Waals surface area contributed by atoms with E-state index in [0.29, 0.717) is 6.04 Å². The van der Waals surface area contributed by atoms with Crippen molar-refractivity contribution in [2.24, 2.45) is 4.99 Å². The molecule has 2 heterocycles. The monoisotopic (exact) mass is 362 g/mol. The molecule has 2 aromatic carbocycles. The molecule has 1 fully saturated rings. The van der Waals surface area contributed by atoms with E-state index in [1.54, 1.807) is 0 Å². The van der Waals surface area contributed by atoms with Gasteiger partial charge in [0.25, 0.3) is 5.91 Å². The van der Waals surface area contributed by atoms with Crippen LogP contribution in [0.25, 0.3) is 0 Å². The van der Waals surface area contributed by atoms with Gasteiger partial charge in [0.15, 0.2) is 0 Å². The number of piperazine rings is 1. The SMILES string of the molecule is CC(C)N1CCN(C(=O)C2(c3ccccc3)N=Cc3ccccc3N2)CC1. The van der Waals surface area contributed by atoms with Gasteiger partial charge in [0.1, 0.15) is 0 Å². The van der Waals surface area contributed by atoms with E-state index in [2.05, 4.69) is 24.1 Å². The number of hydrogen-bond acceptors (Lipinski definition) is 4. The van der Waals surface area contributed by atoms with Gasteiger partial charge < -0.3 is 10.2 Å². The van der Waals surface area contributed by atoms with Crippen LogP contribution in [0.5, 0.6) is 0 Å². The Morgan fingerprint density at radius 1 is 1.00 bits per heavy atom. The maximum atomic E-state index is 13.7. The average molecular weight is 362 g/mol. The molecule has 140 valence electrons. The third-order valence-corrected chi connectivity index (χ3v) is 5.51. The van der Waals surface area contributed by atoms with E-state index >= 15 is 0 Å². The minimum atomic E-state index is -1.10. The first-order valence-electron chi connectivity index (χ1n) is 9.61.